The first-order valence-corrected chi connectivity index (χ1v) is 3.65. The molecule has 0 heterocycles. The fraction of sp³-hybridized carbons (Fsp3) is 0.875. The van der Waals surface area contributed by atoms with E-state index in [1.807, 2.05) is 0 Å². The van der Waals surface area contributed by atoms with Crippen LogP contribution in [0.25, 0.3) is 0 Å². The minimum absolute atomic E-state index is 0.755. The molecule has 3 aliphatic rings. The summed E-state index contributed by atoms with van der Waals surface area (Å²) in [5.41, 5.74) is 0.755. The van der Waals surface area contributed by atoms with Gasteiger partial charge in [0, 0.05) is 0 Å². The Balaban J connectivity index is 2.09. The summed E-state index contributed by atoms with van der Waals surface area (Å²) in [4.78, 5) is 0. The van der Waals surface area contributed by atoms with Gasteiger partial charge in [-0.25, -0.2) is 0 Å². The van der Waals surface area contributed by atoms with Gasteiger partial charge in [0.1, 0.15) is 0 Å². The van der Waals surface area contributed by atoms with Crippen LogP contribution in [0.1, 0.15) is 32.6 Å². The Labute approximate surface area is 51.3 Å². The average Bonchev–Trinajstić information content (AvgIpc) is 2.17. The van der Waals surface area contributed by atoms with Crippen molar-refractivity contribution in [2.45, 2.75) is 32.6 Å². The van der Waals surface area contributed by atoms with E-state index in [2.05, 4.69) is 13.3 Å². The lowest BCUT2D eigenvalue weighted by Gasteiger charge is -2.37. The largest absolute Gasteiger partial charge is 0.0617 e. The molecule has 3 fully saturated rings. The second-order valence-electron chi connectivity index (χ2n) is 3.46. The fourth-order valence-corrected chi connectivity index (χ4v) is 2.37. The summed E-state index contributed by atoms with van der Waals surface area (Å²) in [5, 5.41) is 0. The molecule has 45 valence electrons. The van der Waals surface area contributed by atoms with Crippen molar-refractivity contribution in [3.8, 4) is 0 Å². The predicted molar refractivity (Wildman–Crippen MR) is 34.4 cm³/mol. The molecule has 0 aromatic rings. The Morgan fingerprint density at radius 2 is 2.25 bits per heavy atom. The minimum Gasteiger partial charge on any atom is -0.0617 e. The molecule has 3 aliphatic carbocycles. The number of fused-ring (bicyclic) bond motifs is 1. The van der Waals surface area contributed by atoms with Crippen molar-refractivity contribution in [1.82, 2.24) is 0 Å². The summed E-state index contributed by atoms with van der Waals surface area (Å²) < 4.78 is 0. The molecular formula is C8H13. The molecule has 0 unspecified atom stereocenters. The third-order valence-electron chi connectivity index (χ3n) is 3.05. The molecule has 0 spiro atoms. The van der Waals surface area contributed by atoms with E-state index in [4.69, 9.17) is 0 Å². The summed E-state index contributed by atoms with van der Waals surface area (Å²) in [6.45, 7) is 2.22. The van der Waals surface area contributed by atoms with E-state index in [0.29, 0.717) is 0 Å². The van der Waals surface area contributed by atoms with Gasteiger partial charge in [0.25, 0.3) is 0 Å². The van der Waals surface area contributed by atoms with Gasteiger partial charge in [0.15, 0.2) is 0 Å². The van der Waals surface area contributed by atoms with Crippen LogP contribution >= 0.6 is 0 Å². The van der Waals surface area contributed by atoms with Gasteiger partial charge in [-0.3, -0.25) is 0 Å². The van der Waals surface area contributed by atoms with Crippen LogP contribution in [0.3, 0.4) is 0 Å². The molecule has 0 aromatic heterocycles. The van der Waals surface area contributed by atoms with E-state index in [9.17, 15) is 0 Å². The normalized spacial score (nSPS) is 51.4. The minimum atomic E-state index is 0.755. The molecule has 2 bridgehead atoms. The van der Waals surface area contributed by atoms with Gasteiger partial charge in [-0.15, -0.1) is 0 Å². The second kappa shape index (κ2) is 1.29. The first-order valence-electron chi connectivity index (χ1n) is 3.65. The summed E-state index contributed by atoms with van der Waals surface area (Å²) in [7, 11) is 0. The third kappa shape index (κ3) is 0.416. The highest BCUT2D eigenvalue weighted by Crippen LogP contribution is 2.59. The van der Waals surface area contributed by atoms with Gasteiger partial charge in [-0.1, -0.05) is 6.92 Å². The van der Waals surface area contributed by atoms with Crippen molar-refractivity contribution in [3.05, 3.63) is 6.42 Å². The first-order chi connectivity index (χ1) is 3.85. The molecule has 3 saturated carbocycles. The molecular weight excluding hydrogens is 96.1 g/mol. The van der Waals surface area contributed by atoms with Crippen LogP contribution in [0.15, 0.2) is 0 Å². The van der Waals surface area contributed by atoms with Crippen molar-refractivity contribution in [3.63, 3.8) is 0 Å². The topological polar surface area (TPSA) is 0 Å². The number of hydrogen-bond acceptors (Lipinski definition) is 0. The zero-order chi connectivity index (χ0) is 5.61. The molecule has 0 heteroatoms. The zero-order valence-electron chi connectivity index (χ0n) is 5.48. The van der Waals surface area contributed by atoms with E-state index < -0.39 is 0 Å². The fourth-order valence-electron chi connectivity index (χ4n) is 2.37. The predicted octanol–water partition coefficient (Wildman–Crippen LogP) is 2.40. The van der Waals surface area contributed by atoms with Crippen LogP contribution in [0.4, 0.5) is 0 Å². The lowest BCUT2D eigenvalue weighted by atomic mass is 9.68. The van der Waals surface area contributed by atoms with E-state index in [1.54, 1.807) is 0 Å². The molecule has 3 rings (SSSR count). The van der Waals surface area contributed by atoms with Crippen LogP contribution in [0, 0.1) is 17.8 Å². The van der Waals surface area contributed by atoms with E-state index in [0.717, 1.165) is 11.3 Å². The Kier molecular flexibility index (Phi) is 0.778. The SMILES string of the molecule is C[CH]C12CCC(C1)C2. The maximum Gasteiger partial charge on any atom is -0.0264 e. The molecule has 0 saturated heterocycles. The van der Waals surface area contributed by atoms with Crippen LogP contribution < -0.4 is 0 Å². The molecule has 0 aromatic carbocycles. The van der Waals surface area contributed by atoms with Crippen molar-refractivity contribution >= 4 is 0 Å². The highest BCUT2D eigenvalue weighted by Gasteiger charge is 2.48. The highest BCUT2D eigenvalue weighted by molar-refractivity contribution is 5.06. The molecule has 8 heavy (non-hydrogen) atoms. The summed E-state index contributed by atoms with van der Waals surface area (Å²) in [5.74, 6) is 1.13. The molecule has 1 radical (unpaired) electrons. The van der Waals surface area contributed by atoms with Crippen molar-refractivity contribution in [1.29, 1.82) is 0 Å². The Hall–Kier alpha value is 0. The summed E-state index contributed by atoms with van der Waals surface area (Å²) >= 11 is 0. The molecule has 0 amide bonds. The Morgan fingerprint density at radius 3 is 2.50 bits per heavy atom. The quantitative estimate of drug-likeness (QED) is 0.485. The summed E-state index contributed by atoms with van der Waals surface area (Å²) in [6.07, 6.45) is 8.47. The lowest BCUT2D eigenvalue weighted by Crippen LogP contribution is -2.26. The average molecular weight is 109 g/mol. The molecule has 0 aliphatic heterocycles. The van der Waals surface area contributed by atoms with Gasteiger partial charge in [0.05, 0.1) is 0 Å². The van der Waals surface area contributed by atoms with Gasteiger partial charge in [0.2, 0.25) is 0 Å². The Bertz CT molecular complexity index is 93.1. The van der Waals surface area contributed by atoms with Crippen molar-refractivity contribution in [2.75, 3.05) is 0 Å². The van der Waals surface area contributed by atoms with Gasteiger partial charge in [-0.2, -0.15) is 0 Å². The summed E-state index contributed by atoms with van der Waals surface area (Å²) in [6, 6.07) is 0. The van der Waals surface area contributed by atoms with Crippen LogP contribution in [-0.2, 0) is 0 Å². The smallest absolute Gasteiger partial charge is 0.0264 e. The number of rotatable bonds is 1. The number of hydrogen-bond donors (Lipinski definition) is 0. The Morgan fingerprint density at radius 1 is 1.50 bits per heavy atom. The van der Waals surface area contributed by atoms with Gasteiger partial charge >= 0.3 is 0 Å². The molecule has 0 nitrogen and oxygen atoms in total. The van der Waals surface area contributed by atoms with Gasteiger partial charge < -0.3 is 0 Å². The zero-order valence-corrected chi connectivity index (χ0v) is 5.48. The van der Waals surface area contributed by atoms with Crippen LogP contribution in [-0.4, -0.2) is 0 Å². The molecule has 0 atom stereocenters. The van der Waals surface area contributed by atoms with Crippen molar-refractivity contribution in [2.24, 2.45) is 11.3 Å². The maximum atomic E-state index is 2.43. The van der Waals surface area contributed by atoms with E-state index in [1.165, 1.54) is 25.7 Å². The van der Waals surface area contributed by atoms with E-state index >= 15 is 0 Å². The molecule has 0 N–H and O–H groups in total. The third-order valence-corrected chi connectivity index (χ3v) is 3.05. The van der Waals surface area contributed by atoms with Crippen LogP contribution in [0.5, 0.6) is 0 Å². The maximum absolute atomic E-state index is 2.43. The van der Waals surface area contributed by atoms with Crippen LogP contribution in [0.2, 0.25) is 0 Å². The lowest BCUT2D eigenvalue weighted by molar-refractivity contribution is 0.188. The second-order valence-corrected chi connectivity index (χ2v) is 3.46. The monoisotopic (exact) mass is 109 g/mol. The van der Waals surface area contributed by atoms with Crippen molar-refractivity contribution < 1.29 is 0 Å². The highest BCUT2D eigenvalue weighted by atomic mass is 14.5. The first kappa shape index (κ1) is 4.84. The van der Waals surface area contributed by atoms with E-state index in [-0.39, 0.29) is 0 Å². The van der Waals surface area contributed by atoms with Gasteiger partial charge in [-0.05, 0) is 43.4 Å². The standard InChI is InChI=1S/C8H13/c1-2-8-4-3-7(5-8)6-8/h2,7H,3-6H2,1H3.